The van der Waals surface area contributed by atoms with Crippen molar-refractivity contribution in [2.24, 2.45) is 0 Å². The normalized spacial score (nSPS) is 9.75. The van der Waals surface area contributed by atoms with Crippen LogP contribution in [0.15, 0.2) is 36.8 Å². The Bertz CT molecular complexity index is 500. The zero-order chi connectivity index (χ0) is 11.4. The van der Waals surface area contributed by atoms with Crippen LogP contribution in [-0.4, -0.2) is 20.9 Å². The summed E-state index contributed by atoms with van der Waals surface area (Å²) in [7, 11) is 0. The van der Waals surface area contributed by atoms with Gasteiger partial charge in [0, 0.05) is 18.6 Å². The maximum Gasteiger partial charge on any atom is 0.278 e. The third-order valence-corrected chi connectivity index (χ3v) is 1.85. The van der Waals surface area contributed by atoms with Crippen LogP contribution >= 0.6 is 0 Å². The minimum absolute atomic E-state index is 0.162. The highest BCUT2D eigenvalue weighted by Crippen LogP contribution is 2.08. The van der Waals surface area contributed by atoms with Gasteiger partial charge in [-0.2, -0.15) is 0 Å². The number of nitrogens with one attached hydrogen (secondary N) is 1. The van der Waals surface area contributed by atoms with E-state index < -0.39 is 5.91 Å². The van der Waals surface area contributed by atoms with Gasteiger partial charge in [-0.15, -0.1) is 0 Å². The van der Waals surface area contributed by atoms with Crippen molar-refractivity contribution < 1.29 is 4.79 Å². The molecule has 0 unspecified atom stereocenters. The highest BCUT2D eigenvalue weighted by atomic mass is 16.2. The molecule has 0 spiro atoms. The maximum absolute atomic E-state index is 11.7. The minimum atomic E-state index is -0.427. The fourth-order valence-corrected chi connectivity index (χ4v) is 1.13. The molecule has 16 heavy (non-hydrogen) atoms. The predicted octanol–water partition coefficient (Wildman–Crippen LogP) is 0.706. The molecule has 0 atom stereocenters. The molecule has 6 heteroatoms. The van der Waals surface area contributed by atoms with Crippen molar-refractivity contribution in [3.63, 3.8) is 0 Å². The summed E-state index contributed by atoms with van der Waals surface area (Å²) in [6, 6.07) is 4.92. The van der Waals surface area contributed by atoms with Crippen LogP contribution in [0.1, 0.15) is 10.5 Å². The molecule has 1 amide bonds. The zero-order valence-electron chi connectivity index (χ0n) is 8.29. The second kappa shape index (κ2) is 4.35. The van der Waals surface area contributed by atoms with Crippen molar-refractivity contribution in [2.75, 3.05) is 11.1 Å². The first-order chi connectivity index (χ1) is 7.77. The molecule has 0 saturated carbocycles. The van der Waals surface area contributed by atoms with Crippen LogP contribution in [0, 0.1) is 0 Å². The molecular weight excluding hydrogens is 206 g/mol. The summed E-state index contributed by atoms with van der Waals surface area (Å²) in [5, 5.41) is 2.50. The van der Waals surface area contributed by atoms with Gasteiger partial charge in [-0.25, -0.2) is 15.0 Å². The Labute approximate surface area is 91.6 Å². The van der Waals surface area contributed by atoms with Gasteiger partial charge in [0.2, 0.25) is 5.95 Å². The van der Waals surface area contributed by atoms with Gasteiger partial charge in [0.15, 0.2) is 5.69 Å². The molecule has 0 saturated heterocycles. The number of nitrogen functional groups attached to an aromatic ring is 1. The van der Waals surface area contributed by atoms with Crippen LogP contribution in [0.2, 0.25) is 0 Å². The summed E-state index contributed by atoms with van der Waals surface area (Å²) in [6.07, 6.45) is 4.56. The molecule has 6 nitrogen and oxygen atoms in total. The molecule has 0 aromatic carbocycles. The standard InChI is InChI=1S/C10H9N5O/c11-7-3-1-4-12-8(7)9(16)15-10-13-5-2-6-14-10/h1-6H,11H2,(H,13,14,15,16). The van der Waals surface area contributed by atoms with Gasteiger partial charge < -0.3 is 5.73 Å². The van der Waals surface area contributed by atoms with Crippen LogP contribution in [0.3, 0.4) is 0 Å². The van der Waals surface area contributed by atoms with E-state index in [4.69, 9.17) is 5.73 Å². The Morgan fingerprint density at radius 1 is 1.12 bits per heavy atom. The third kappa shape index (κ3) is 2.11. The molecular formula is C10H9N5O. The highest BCUT2D eigenvalue weighted by molar-refractivity contribution is 6.05. The van der Waals surface area contributed by atoms with Crippen LogP contribution in [-0.2, 0) is 0 Å². The van der Waals surface area contributed by atoms with Crippen LogP contribution in [0.4, 0.5) is 11.6 Å². The monoisotopic (exact) mass is 215 g/mol. The Morgan fingerprint density at radius 3 is 2.50 bits per heavy atom. The molecule has 0 aliphatic carbocycles. The van der Waals surface area contributed by atoms with Crippen molar-refractivity contribution >= 4 is 17.5 Å². The number of nitrogens with two attached hydrogens (primary N) is 1. The minimum Gasteiger partial charge on any atom is -0.397 e. The second-order valence-corrected chi connectivity index (χ2v) is 2.97. The lowest BCUT2D eigenvalue weighted by Crippen LogP contribution is -2.17. The van der Waals surface area contributed by atoms with E-state index in [1.807, 2.05) is 0 Å². The van der Waals surface area contributed by atoms with Crippen molar-refractivity contribution in [2.45, 2.75) is 0 Å². The number of pyridine rings is 1. The lowest BCUT2D eigenvalue weighted by molar-refractivity contribution is 0.102. The van der Waals surface area contributed by atoms with Crippen molar-refractivity contribution in [1.29, 1.82) is 0 Å². The molecule has 0 bridgehead atoms. The number of carbonyl (C=O) groups is 1. The van der Waals surface area contributed by atoms with Gasteiger partial charge in [0.1, 0.15) is 0 Å². The molecule has 0 fully saturated rings. The van der Waals surface area contributed by atoms with Crippen LogP contribution < -0.4 is 11.1 Å². The van der Waals surface area contributed by atoms with Gasteiger partial charge >= 0.3 is 0 Å². The van der Waals surface area contributed by atoms with Gasteiger partial charge in [-0.3, -0.25) is 10.1 Å². The molecule has 2 aromatic heterocycles. The first kappa shape index (κ1) is 10.0. The number of carbonyl (C=O) groups excluding carboxylic acids is 1. The summed E-state index contributed by atoms with van der Waals surface area (Å²) >= 11 is 0. The molecule has 2 rings (SSSR count). The topological polar surface area (TPSA) is 93.8 Å². The number of aromatic nitrogens is 3. The molecule has 0 radical (unpaired) electrons. The molecule has 0 aliphatic rings. The van der Waals surface area contributed by atoms with E-state index in [-0.39, 0.29) is 11.6 Å². The Morgan fingerprint density at radius 2 is 1.81 bits per heavy atom. The highest BCUT2D eigenvalue weighted by Gasteiger charge is 2.11. The molecule has 3 N–H and O–H groups in total. The number of anilines is 2. The average Bonchev–Trinajstić information content (AvgIpc) is 2.31. The van der Waals surface area contributed by atoms with Crippen molar-refractivity contribution in [3.05, 3.63) is 42.5 Å². The Balaban J connectivity index is 2.19. The fourth-order valence-electron chi connectivity index (χ4n) is 1.13. The lowest BCUT2D eigenvalue weighted by atomic mass is 10.3. The van der Waals surface area contributed by atoms with Crippen LogP contribution in [0.25, 0.3) is 0 Å². The molecule has 2 heterocycles. The van der Waals surface area contributed by atoms with Crippen LogP contribution in [0.5, 0.6) is 0 Å². The first-order valence-corrected chi connectivity index (χ1v) is 4.56. The van der Waals surface area contributed by atoms with Gasteiger partial charge in [-0.1, -0.05) is 0 Å². The number of hydrogen-bond donors (Lipinski definition) is 2. The molecule has 80 valence electrons. The smallest absolute Gasteiger partial charge is 0.278 e. The van der Waals surface area contributed by atoms with Gasteiger partial charge in [0.25, 0.3) is 5.91 Å². The molecule has 2 aromatic rings. The summed E-state index contributed by atoms with van der Waals surface area (Å²) in [4.78, 5) is 23.3. The molecule has 0 aliphatic heterocycles. The summed E-state index contributed by atoms with van der Waals surface area (Å²) in [6.45, 7) is 0. The predicted molar refractivity (Wildman–Crippen MR) is 58.6 cm³/mol. The van der Waals surface area contributed by atoms with Gasteiger partial charge in [-0.05, 0) is 18.2 Å². The Hall–Kier alpha value is -2.50. The van der Waals surface area contributed by atoms with E-state index in [2.05, 4.69) is 20.3 Å². The number of nitrogens with zero attached hydrogens (tertiary/aromatic N) is 3. The second-order valence-electron chi connectivity index (χ2n) is 2.97. The fraction of sp³-hybridized carbons (Fsp3) is 0. The van der Waals surface area contributed by atoms with E-state index >= 15 is 0 Å². The quantitative estimate of drug-likeness (QED) is 0.769. The Kier molecular flexibility index (Phi) is 2.73. The van der Waals surface area contributed by atoms with E-state index in [0.717, 1.165) is 0 Å². The van der Waals surface area contributed by atoms with E-state index in [1.54, 1.807) is 18.2 Å². The summed E-state index contributed by atoms with van der Waals surface area (Å²) in [5.41, 5.74) is 6.09. The van der Waals surface area contributed by atoms with E-state index in [0.29, 0.717) is 5.69 Å². The zero-order valence-corrected chi connectivity index (χ0v) is 8.29. The number of rotatable bonds is 2. The number of amides is 1. The lowest BCUT2D eigenvalue weighted by Gasteiger charge is -2.04. The van der Waals surface area contributed by atoms with Crippen molar-refractivity contribution in [3.8, 4) is 0 Å². The summed E-state index contributed by atoms with van der Waals surface area (Å²) < 4.78 is 0. The SMILES string of the molecule is Nc1cccnc1C(=O)Nc1ncccn1. The first-order valence-electron chi connectivity index (χ1n) is 4.56. The van der Waals surface area contributed by atoms with E-state index in [9.17, 15) is 4.79 Å². The van der Waals surface area contributed by atoms with Gasteiger partial charge in [0.05, 0.1) is 5.69 Å². The largest absolute Gasteiger partial charge is 0.397 e. The number of hydrogen-bond acceptors (Lipinski definition) is 5. The third-order valence-electron chi connectivity index (χ3n) is 1.85. The average molecular weight is 215 g/mol. The summed E-state index contributed by atoms with van der Waals surface area (Å²) in [5.74, 6) is -0.207. The van der Waals surface area contributed by atoms with Crippen molar-refractivity contribution in [1.82, 2.24) is 15.0 Å². The van der Waals surface area contributed by atoms with E-state index in [1.165, 1.54) is 18.6 Å². The maximum atomic E-state index is 11.7.